The Morgan fingerprint density at radius 1 is 1.65 bits per heavy atom. The molecule has 17 heavy (non-hydrogen) atoms. The summed E-state index contributed by atoms with van der Waals surface area (Å²) in [6.07, 6.45) is 6.58. The van der Waals surface area contributed by atoms with Gasteiger partial charge in [-0.15, -0.1) is 0 Å². The van der Waals surface area contributed by atoms with Gasteiger partial charge in [0.05, 0.1) is 6.54 Å². The largest absolute Gasteiger partial charge is 0.326 e. The first kappa shape index (κ1) is 12.6. The topological polar surface area (TPSA) is 49.6 Å². The summed E-state index contributed by atoms with van der Waals surface area (Å²) in [7, 11) is 0. The molecule has 0 aromatic heterocycles. The minimum Gasteiger partial charge on any atom is -0.326 e. The van der Waals surface area contributed by atoms with Gasteiger partial charge in [0, 0.05) is 31.4 Å². The van der Waals surface area contributed by atoms with Crippen LogP contribution in [-0.4, -0.2) is 47.9 Å². The summed E-state index contributed by atoms with van der Waals surface area (Å²) in [5, 5.41) is 0. The molecule has 0 aromatic carbocycles. The van der Waals surface area contributed by atoms with Crippen LogP contribution in [0.4, 0.5) is 0 Å². The van der Waals surface area contributed by atoms with Crippen molar-refractivity contribution in [3.63, 3.8) is 0 Å². The minimum absolute atomic E-state index is 0.231. The van der Waals surface area contributed by atoms with Crippen LogP contribution in [0.1, 0.15) is 32.6 Å². The van der Waals surface area contributed by atoms with Crippen molar-refractivity contribution in [3.8, 4) is 0 Å². The fourth-order valence-corrected chi connectivity index (χ4v) is 2.72. The molecule has 2 rings (SSSR count). The Morgan fingerprint density at radius 2 is 2.47 bits per heavy atom. The minimum atomic E-state index is 0.231. The number of hydrogen-bond acceptors (Lipinski definition) is 3. The molecular weight excluding hydrogens is 214 g/mol. The number of hydrogen-bond donors (Lipinski definition) is 1. The first-order valence-electron chi connectivity index (χ1n) is 6.68. The SMILES string of the molecule is CCN(C(=O)CN1CC[C@H](N)C1)C1=CCCC1. The lowest BCUT2D eigenvalue weighted by molar-refractivity contribution is -0.130. The van der Waals surface area contributed by atoms with Gasteiger partial charge in [0.2, 0.25) is 5.91 Å². The van der Waals surface area contributed by atoms with Crippen molar-refractivity contribution in [1.82, 2.24) is 9.80 Å². The lowest BCUT2D eigenvalue weighted by atomic mass is 10.3. The van der Waals surface area contributed by atoms with Crippen molar-refractivity contribution in [2.75, 3.05) is 26.2 Å². The van der Waals surface area contributed by atoms with E-state index >= 15 is 0 Å². The van der Waals surface area contributed by atoms with Gasteiger partial charge in [0.1, 0.15) is 0 Å². The molecule has 96 valence electrons. The van der Waals surface area contributed by atoms with E-state index in [1.54, 1.807) is 0 Å². The summed E-state index contributed by atoms with van der Waals surface area (Å²) in [6, 6.07) is 0.253. The maximum atomic E-state index is 12.2. The molecule has 1 amide bonds. The molecule has 1 aliphatic heterocycles. The van der Waals surface area contributed by atoms with E-state index in [9.17, 15) is 4.79 Å². The Hall–Kier alpha value is -0.870. The van der Waals surface area contributed by atoms with Crippen LogP contribution in [-0.2, 0) is 4.79 Å². The zero-order chi connectivity index (χ0) is 12.3. The van der Waals surface area contributed by atoms with Crippen LogP contribution in [0.25, 0.3) is 0 Å². The van der Waals surface area contributed by atoms with Crippen LogP contribution >= 0.6 is 0 Å². The number of nitrogens with two attached hydrogens (primary N) is 1. The van der Waals surface area contributed by atoms with Crippen molar-refractivity contribution >= 4 is 5.91 Å². The van der Waals surface area contributed by atoms with Crippen LogP contribution in [0.5, 0.6) is 0 Å². The summed E-state index contributed by atoms with van der Waals surface area (Å²) in [6.45, 7) is 5.18. The normalized spacial score (nSPS) is 25.1. The molecule has 4 nitrogen and oxygen atoms in total. The van der Waals surface area contributed by atoms with Gasteiger partial charge in [-0.2, -0.15) is 0 Å². The molecule has 1 saturated heterocycles. The summed E-state index contributed by atoms with van der Waals surface area (Å²) >= 11 is 0. The number of rotatable bonds is 4. The number of nitrogens with zero attached hydrogens (tertiary/aromatic N) is 2. The molecule has 0 aromatic rings. The Labute approximate surface area is 103 Å². The van der Waals surface area contributed by atoms with Gasteiger partial charge in [-0.05, 0) is 32.6 Å². The number of allylic oxidation sites excluding steroid dienone is 2. The summed E-state index contributed by atoms with van der Waals surface area (Å²) < 4.78 is 0. The molecule has 1 atom stereocenters. The molecule has 0 radical (unpaired) electrons. The molecule has 0 unspecified atom stereocenters. The molecule has 1 heterocycles. The first-order valence-corrected chi connectivity index (χ1v) is 6.68. The van der Waals surface area contributed by atoms with Gasteiger partial charge in [-0.25, -0.2) is 0 Å². The molecular formula is C13H23N3O. The fraction of sp³-hybridized carbons (Fsp3) is 0.769. The molecule has 4 heteroatoms. The van der Waals surface area contributed by atoms with E-state index in [-0.39, 0.29) is 11.9 Å². The lowest BCUT2D eigenvalue weighted by Gasteiger charge is -2.25. The van der Waals surface area contributed by atoms with Gasteiger partial charge in [-0.1, -0.05) is 6.08 Å². The van der Waals surface area contributed by atoms with Crippen molar-refractivity contribution < 1.29 is 4.79 Å². The third kappa shape index (κ3) is 3.07. The van der Waals surface area contributed by atoms with Crippen LogP contribution < -0.4 is 5.73 Å². The Morgan fingerprint density at radius 3 is 3.00 bits per heavy atom. The monoisotopic (exact) mass is 237 g/mol. The number of likely N-dealkylation sites (N-methyl/N-ethyl adjacent to an activating group) is 1. The molecule has 1 aliphatic carbocycles. The maximum absolute atomic E-state index is 12.2. The highest BCUT2D eigenvalue weighted by molar-refractivity contribution is 5.80. The highest BCUT2D eigenvalue weighted by Gasteiger charge is 2.24. The van der Waals surface area contributed by atoms with E-state index < -0.39 is 0 Å². The third-order valence-corrected chi connectivity index (χ3v) is 3.65. The molecule has 0 saturated carbocycles. The van der Waals surface area contributed by atoms with Gasteiger partial charge in [0.25, 0.3) is 0 Å². The maximum Gasteiger partial charge on any atom is 0.240 e. The second kappa shape index (κ2) is 5.65. The van der Waals surface area contributed by atoms with Crippen LogP contribution in [0.3, 0.4) is 0 Å². The van der Waals surface area contributed by atoms with E-state index in [0.29, 0.717) is 6.54 Å². The Kier molecular flexibility index (Phi) is 4.18. The summed E-state index contributed by atoms with van der Waals surface area (Å²) in [4.78, 5) is 16.3. The smallest absolute Gasteiger partial charge is 0.240 e. The van der Waals surface area contributed by atoms with Crippen LogP contribution in [0.2, 0.25) is 0 Å². The highest BCUT2D eigenvalue weighted by atomic mass is 16.2. The first-order chi connectivity index (χ1) is 8.20. The number of carbonyl (C=O) groups excluding carboxylic acids is 1. The van der Waals surface area contributed by atoms with Crippen LogP contribution in [0.15, 0.2) is 11.8 Å². The highest BCUT2D eigenvalue weighted by Crippen LogP contribution is 2.21. The Balaban J connectivity index is 1.89. The standard InChI is InChI=1S/C13H23N3O/c1-2-16(12-5-3-4-6-12)13(17)10-15-8-7-11(14)9-15/h5,11H,2-4,6-10,14H2,1H3/t11-/m0/s1. The average molecular weight is 237 g/mol. The van der Waals surface area contributed by atoms with Crippen molar-refractivity contribution in [3.05, 3.63) is 11.8 Å². The predicted molar refractivity (Wildman–Crippen MR) is 68.4 cm³/mol. The molecule has 0 spiro atoms. The van der Waals surface area contributed by atoms with E-state index in [1.807, 2.05) is 11.8 Å². The number of likely N-dealkylation sites (tertiary alicyclic amines) is 1. The Bertz CT molecular complexity index is 314. The van der Waals surface area contributed by atoms with Crippen molar-refractivity contribution in [1.29, 1.82) is 0 Å². The van der Waals surface area contributed by atoms with E-state index in [1.165, 1.54) is 12.1 Å². The van der Waals surface area contributed by atoms with Gasteiger partial charge >= 0.3 is 0 Å². The van der Waals surface area contributed by atoms with Crippen molar-refractivity contribution in [2.24, 2.45) is 5.73 Å². The van der Waals surface area contributed by atoms with Gasteiger partial charge < -0.3 is 10.6 Å². The fourth-order valence-electron chi connectivity index (χ4n) is 2.72. The second-order valence-electron chi connectivity index (χ2n) is 5.01. The molecule has 2 N–H and O–H groups in total. The second-order valence-corrected chi connectivity index (χ2v) is 5.01. The third-order valence-electron chi connectivity index (χ3n) is 3.65. The molecule has 1 fully saturated rings. The molecule has 0 bridgehead atoms. The van der Waals surface area contributed by atoms with E-state index in [2.05, 4.69) is 11.0 Å². The van der Waals surface area contributed by atoms with E-state index in [0.717, 1.165) is 38.9 Å². The zero-order valence-corrected chi connectivity index (χ0v) is 10.7. The predicted octanol–water partition coefficient (Wildman–Crippen LogP) is 0.936. The summed E-state index contributed by atoms with van der Waals surface area (Å²) in [5.74, 6) is 0.231. The molecule has 2 aliphatic rings. The van der Waals surface area contributed by atoms with Crippen LogP contribution in [0, 0.1) is 0 Å². The average Bonchev–Trinajstić information content (AvgIpc) is 2.92. The number of carbonyl (C=O) groups is 1. The van der Waals surface area contributed by atoms with Gasteiger partial charge in [-0.3, -0.25) is 9.69 Å². The van der Waals surface area contributed by atoms with E-state index in [4.69, 9.17) is 5.73 Å². The lowest BCUT2D eigenvalue weighted by Crippen LogP contribution is -2.39. The van der Waals surface area contributed by atoms with Gasteiger partial charge in [0.15, 0.2) is 0 Å². The summed E-state index contributed by atoms with van der Waals surface area (Å²) in [5.41, 5.74) is 7.08. The quantitative estimate of drug-likeness (QED) is 0.791. The number of amides is 1. The zero-order valence-electron chi connectivity index (χ0n) is 10.7. The van der Waals surface area contributed by atoms with Crippen molar-refractivity contribution in [2.45, 2.75) is 38.6 Å².